The summed E-state index contributed by atoms with van der Waals surface area (Å²) < 4.78 is 5.45. The molecule has 3 heterocycles. The fourth-order valence-electron chi connectivity index (χ4n) is 5.66. The lowest BCUT2D eigenvalue weighted by Gasteiger charge is -2.25. The number of H-pyrrole nitrogens is 1. The van der Waals surface area contributed by atoms with E-state index in [9.17, 15) is 14.4 Å². The van der Waals surface area contributed by atoms with Crippen molar-refractivity contribution in [3.63, 3.8) is 0 Å². The van der Waals surface area contributed by atoms with Crippen LogP contribution in [0.5, 0.6) is 5.75 Å². The number of carbonyl (C=O) groups is 3. The first-order valence-electron chi connectivity index (χ1n) is 13.0. The van der Waals surface area contributed by atoms with E-state index in [1.165, 1.54) is 0 Å². The largest absolute Gasteiger partial charge is 0.496 e. The van der Waals surface area contributed by atoms with Crippen molar-refractivity contribution >= 4 is 28.6 Å². The predicted molar refractivity (Wildman–Crippen MR) is 144 cm³/mol. The van der Waals surface area contributed by atoms with Gasteiger partial charge in [-0.05, 0) is 55.4 Å². The molecule has 2 fully saturated rings. The summed E-state index contributed by atoms with van der Waals surface area (Å²) in [5, 5.41) is 6.56. The standard InChI is InChI=1S/C30H32N4O4/c1-3-22(16-21-12-13-31-28(21)35)32-29(36)26-15-20(14-19-8-5-4-6-9-19)18-34(26)30(37)25-17-23-24(33-25)10-7-11-27(23)38-2/h1,4-11,17,20-22,26,33H,12-16,18H2,2H3,(H,31,35)(H,32,36). The maximum absolute atomic E-state index is 13.8. The van der Waals surface area contributed by atoms with Crippen LogP contribution in [0.2, 0.25) is 0 Å². The molecular weight excluding hydrogens is 480 g/mol. The molecule has 0 radical (unpaired) electrons. The number of ether oxygens (including phenoxy) is 1. The number of terminal acetylenes is 1. The number of nitrogens with one attached hydrogen (secondary N) is 3. The van der Waals surface area contributed by atoms with Gasteiger partial charge in [-0.25, -0.2) is 0 Å². The molecule has 8 heteroatoms. The van der Waals surface area contributed by atoms with Crippen molar-refractivity contribution in [2.45, 2.75) is 37.8 Å². The number of rotatable bonds is 8. The van der Waals surface area contributed by atoms with Gasteiger partial charge >= 0.3 is 0 Å². The SMILES string of the molecule is C#CC(CC1CCNC1=O)NC(=O)C1CC(Cc2ccccc2)CN1C(=O)c1cc2c(OC)cccc2[nH]1. The van der Waals surface area contributed by atoms with E-state index in [1.807, 2.05) is 36.4 Å². The monoisotopic (exact) mass is 512 g/mol. The third kappa shape index (κ3) is 5.23. The lowest BCUT2D eigenvalue weighted by Crippen LogP contribution is -2.49. The van der Waals surface area contributed by atoms with Crippen molar-refractivity contribution < 1.29 is 19.1 Å². The first-order chi connectivity index (χ1) is 18.5. The number of hydrogen-bond donors (Lipinski definition) is 3. The van der Waals surface area contributed by atoms with Crippen LogP contribution in [-0.2, 0) is 16.0 Å². The Morgan fingerprint density at radius 1 is 1.21 bits per heavy atom. The van der Waals surface area contributed by atoms with Gasteiger partial charge in [-0.2, -0.15) is 0 Å². The van der Waals surface area contributed by atoms with Gasteiger partial charge in [0.2, 0.25) is 11.8 Å². The number of amides is 3. The second-order valence-corrected chi connectivity index (χ2v) is 10.1. The first-order valence-corrected chi connectivity index (χ1v) is 13.0. The third-order valence-corrected chi connectivity index (χ3v) is 7.59. The lowest BCUT2D eigenvalue weighted by molar-refractivity contribution is -0.126. The Hall–Kier alpha value is -4.25. The number of aromatic amines is 1. The molecule has 3 N–H and O–H groups in total. The van der Waals surface area contributed by atoms with Crippen molar-refractivity contribution in [3.8, 4) is 18.1 Å². The molecular formula is C30H32N4O4. The van der Waals surface area contributed by atoms with E-state index < -0.39 is 12.1 Å². The van der Waals surface area contributed by atoms with Crippen LogP contribution in [0.25, 0.3) is 10.9 Å². The van der Waals surface area contributed by atoms with Crippen LogP contribution < -0.4 is 15.4 Å². The highest BCUT2D eigenvalue weighted by molar-refractivity contribution is 6.01. The highest BCUT2D eigenvalue weighted by Gasteiger charge is 2.41. The van der Waals surface area contributed by atoms with Crippen molar-refractivity contribution in [2.75, 3.05) is 20.2 Å². The Morgan fingerprint density at radius 2 is 2.03 bits per heavy atom. The molecule has 0 spiro atoms. The second-order valence-electron chi connectivity index (χ2n) is 10.1. The molecule has 3 aromatic rings. The number of fused-ring (bicyclic) bond motifs is 1. The Kier molecular flexibility index (Phi) is 7.36. The third-order valence-electron chi connectivity index (χ3n) is 7.59. The summed E-state index contributed by atoms with van der Waals surface area (Å²) in [5.41, 5.74) is 2.35. The number of aromatic nitrogens is 1. The summed E-state index contributed by atoms with van der Waals surface area (Å²) in [6.45, 7) is 1.07. The van der Waals surface area contributed by atoms with Gasteiger partial charge in [-0.3, -0.25) is 14.4 Å². The molecule has 38 heavy (non-hydrogen) atoms. The van der Waals surface area contributed by atoms with Crippen LogP contribution >= 0.6 is 0 Å². The van der Waals surface area contributed by atoms with Crippen molar-refractivity contribution in [1.82, 2.24) is 20.5 Å². The Balaban J connectivity index is 1.37. The van der Waals surface area contributed by atoms with E-state index in [-0.39, 0.29) is 29.6 Å². The molecule has 8 nitrogen and oxygen atoms in total. The number of hydrogen-bond acceptors (Lipinski definition) is 4. The molecule has 2 aliphatic heterocycles. The molecule has 5 rings (SSSR count). The van der Waals surface area contributed by atoms with Gasteiger partial charge < -0.3 is 25.3 Å². The van der Waals surface area contributed by atoms with E-state index in [2.05, 4.69) is 33.7 Å². The molecule has 2 aliphatic rings. The van der Waals surface area contributed by atoms with Crippen LogP contribution in [0.4, 0.5) is 0 Å². The van der Waals surface area contributed by atoms with E-state index in [4.69, 9.17) is 11.2 Å². The average molecular weight is 513 g/mol. The smallest absolute Gasteiger partial charge is 0.270 e. The van der Waals surface area contributed by atoms with E-state index >= 15 is 0 Å². The van der Waals surface area contributed by atoms with Crippen molar-refractivity contribution in [3.05, 3.63) is 65.9 Å². The molecule has 3 amide bonds. The minimum absolute atomic E-state index is 0.0330. The first kappa shape index (κ1) is 25.4. The molecule has 2 saturated heterocycles. The fourth-order valence-corrected chi connectivity index (χ4v) is 5.66. The van der Waals surface area contributed by atoms with Crippen LogP contribution in [0.15, 0.2) is 54.6 Å². The summed E-state index contributed by atoms with van der Waals surface area (Å²) in [5.74, 6) is 2.62. The lowest BCUT2D eigenvalue weighted by atomic mass is 9.96. The topological polar surface area (TPSA) is 104 Å². The minimum atomic E-state index is -0.669. The molecule has 1 aromatic heterocycles. The number of nitrogens with zero attached hydrogens (tertiary/aromatic N) is 1. The highest BCUT2D eigenvalue weighted by Crippen LogP contribution is 2.31. The van der Waals surface area contributed by atoms with E-state index in [1.54, 1.807) is 18.1 Å². The molecule has 4 atom stereocenters. The zero-order chi connectivity index (χ0) is 26.6. The number of carbonyl (C=O) groups excluding carboxylic acids is 3. The molecule has 0 bridgehead atoms. The Morgan fingerprint density at radius 3 is 2.74 bits per heavy atom. The van der Waals surface area contributed by atoms with Crippen molar-refractivity contribution in [1.29, 1.82) is 0 Å². The fraction of sp³-hybridized carbons (Fsp3) is 0.367. The van der Waals surface area contributed by atoms with Gasteiger partial charge in [0.1, 0.15) is 17.5 Å². The van der Waals surface area contributed by atoms with Gasteiger partial charge in [0.05, 0.1) is 13.2 Å². The van der Waals surface area contributed by atoms with Gasteiger partial charge in [0.25, 0.3) is 5.91 Å². The van der Waals surface area contributed by atoms with Gasteiger partial charge in [-0.1, -0.05) is 42.3 Å². The highest BCUT2D eigenvalue weighted by atomic mass is 16.5. The zero-order valence-corrected chi connectivity index (χ0v) is 21.4. The quantitative estimate of drug-likeness (QED) is 0.404. The predicted octanol–water partition coefficient (Wildman–Crippen LogP) is 2.89. The minimum Gasteiger partial charge on any atom is -0.496 e. The van der Waals surface area contributed by atoms with Crippen LogP contribution in [0.1, 0.15) is 35.3 Å². The number of benzene rings is 2. The summed E-state index contributed by atoms with van der Waals surface area (Å²) in [4.78, 5) is 44.2. The van der Waals surface area contributed by atoms with Gasteiger partial charge in [-0.15, -0.1) is 6.42 Å². The molecule has 0 aliphatic carbocycles. The van der Waals surface area contributed by atoms with Crippen LogP contribution in [-0.4, -0.2) is 59.9 Å². The summed E-state index contributed by atoms with van der Waals surface area (Å²) in [6.07, 6.45) is 8.10. The normalized spacial score (nSPS) is 21.6. The average Bonchev–Trinajstić information content (AvgIpc) is 3.66. The van der Waals surface area contributed by atoms with Crippen molar-refractivity contribution in [2.24, 2.45) is 11.8 Å². The summed E-state index contributed by atoms with van der Waals surface area (Å²) in [6, 6.07) is 16.2. The maximum Gasteiger partial charge on any atom is 0.270 e. The summed E-state index contributed by atoms with van der Waals surface area (Å²) in [7, 11) is 1.59. The number of methoxy groups -OCH3 is 1. The molecule has 4 unspecified atom stereocenters. The van der Waals surface area contributed by atoms with E-state index in [0.29, 0.717) is 43.8 Å². The Bertz CT molecular complexity index is 1380. The molecule has 2 aromatic carbocycles. The summed E-state index contributed by atoms with van der Waals surface area (Å²) >= 11 is 0. The maximum atomic E-state index is 13.8. The van der Waals surface area contributed by atoms with Gasteiger partial charge in [0, 0.05) is 29.9 Å². The van der Waals surface area contributed by atoms with Crippen LogP contribution in [0.3, 0.4) is 0 Å². The Labute approximate surface area is 222 Å². The van der Waals surface area contributed by atoms with Gasteiger partial charge in [0.15, 0.2) is 0 Å². The van der Waals surface area contributed by atoms with E-state index in [0.717, 1.165) is 22.9 Å². The van der Waals surface area contributed by atoms with Crippen LogP contribution in [0, 0.1) is 24.2 Å². The zero-order valence-electron chi connectivity index (χ0n) is 21.4. The second kappa shape index (κ2) is 11.0. The molecule has 196 valence electrons. The number of likely N-dealkylation sites (tertiary alicyclic amines) is 1. The molecule has 0 saturated carbocycles.